The first-order valence-electron chi connectivity index (χ1n) is 7.73. The molecule has 1 aliphatic heterocycles. The molecule has 1 aliphatic rings. The van der Waals surface area contributed by atoms with Gasteiger partial charge in [0.25, 0.3) is 0 Å². The molecule has 4 heteroatoms. The summed E-state index contributed by atoms with van der Waals surface area (Å²) in [5, 5.41) is 3.37. The number of amides is 1. The highest BCUT2D eigenvalue weighted by Gasteiger charge is 2.24. The molecule has 112 valence electrons. The summed E-state index contributed by atoms with van der Waals surface area (Å²) in [5.74, 6) is 2.85. The van der Waals surface area contributed by atoms with Gasteiger partial charge in [-0.25, -0.2) is 0 Å². The molecule has 3 nitrogen and oxygen atoms in total. The zero-order valence-electron chi connectivity index (χ0n) is 12.8. The number of nitrogens with one attached hydrogen (secondary N) is 1. The molecule has 1 N–H and O–H groups in total. The average molecular weight is 286 g/mol. The van der Waals surface area contributed by atoms with Crippen molar-refractivity contribution in [2.75, 3.05) is 31.1 Å². The van der Waals surface area contributed by atoms with Gasteiger partial charge in [0.05, 0.1) is 5.75 Å². The number of nitrogens with zero attached hydrogens (tertiary/aromatic N) is 1. The summed E-state index contributed by atoms with van der Waals surface area (Å²) in [6.45, 7) is 9.67. The smallest absolute Gasteiger partial charge is 0.232 e. The van der Waals surface area contributed by atoms with E-state index in [0.29, 0.717) is 17.7 Å². The topological polar surface area (TPSA) is 32.3 Å². The summed E-state index contributed by atoms with van der Waals surface area (Å²) < 4.78 is 0. The Morgan fingerprint density at radius 1 is 1.37 bits per heavy atom. The van der Waals surface area contributed by atoms with E-state index in [9.17, 15) is 4.79 Å². The molecule has 0 radical (unpaired) electrons. The number of carbonyl (C=O) groups is 1. The Kier molecular flexibility index (Phi) is 8.55. The van der Waals surface area contributed by atoms with Crippen molar-refractivity contribution < 1.29 is 4.79 Å². The lowest BCUT2D eigenvalue weighted by Gasteiger charge is -2.34. The van der Waals surface area contributed by atoms with Crippen molar-refractivity contribution >= 4 is 17.7 Å². The van der Waals surface area contributed by atoms with Gasteiger partial charge in [0, 0.05) is 12.6 Å². The summed E-state index contributed by atoms with van der Waals surface area (Å²) in [4.78, 5) is 14.5. The molecule has 0 bridgehead atoms. The van der Waals surface area contributed by atoms with E-state index in [1.165, 1.54) is 6.42 Å². The van der Waals surface area contributed by atoms with E-state index in [1.807, 2.05) is 0 Å². The minimum atomic E-state index is 0.350. The molecule has 1 fully saturated rings. The molecule has 1 rings (SSSR count). The Bertz CT molecular complexity index is 253. The first kappa shape index (κ1) is 16.8. The molecule has 0 atom stereocenters. The number of hydrogen-bond donors (Lipinski definition) is 1. The molecule has 0 aromatic heterocycles. The minimum Gasteiger partial charge on any atom is -0.339 e. The van der Waals surface area contributed by atoms with Gasteiger partial charge in [-0.15, -0.1) is 0 Å². The predicted octanol–water partition coefficient (Wildman–Crippen LogP) is 2.76. The zero-order valence-corrected chi connectivity index (χ0v) is 13.6. The highest BCUT2D eigenvalue weighted by molar-refractivity contribution is 7.99. The van der Waals surface area contributed by atoms with Crippen LogP contribution in [0, 0.1) is 5.92 Å². The van der Waals surface area contributed by atoms with Crippen molar-refractivity contribution in [1.82, 2.24) is 10.2 Å². The van der Waals surface area contributed by atoms with Gasteiger partial charge in [0.2, 0.25) is 5.91 Å². The molecule has 19 heavy (non-hydrogen) atoms. The first-order chi connectivity index (χ1) is 9.15. The fourth-order valence-corrected chi connectivity index (χ4v) is 3.55. The van der Waals surface area contributed by atoms with Crippen molar-refractivity contribution in [1.29, 1.82) is 0 Å². The van der Waals surface area contributed by atoms with Crippen molar-refractivity contribution in [3.8, 4) is 0 Å². The maximum absolute atomic E-state index is 12.4. The molecule has 0 spiro atoms. The van der Waals surface area contributed by atoms with Crippen LogP contribution in [-0.2, 0) is 4.79 Å². The second-order valence-corrected chi connectivity index (χ2v) is 6.91. The van der Waals surface area contributed by atoms with Crippen molar-refractivity contribution in [2.45, 2.75) is 52.5 Å². The summed E-state index contributed by atoms with van der Waals surface area (Å²) >= 11 is 1.80. The fraction of sp³-hybridized carbons (Fsp3) is 0.933. The molecule has 0 saturated carbocycles. The van der Waals surface area contributed by atoms with Crippen LogP contribution in [0.5, 0.6) is 0 Å². The standard InChI is InChI=1S/C15H30N2OS/c1-4-10-17(14-5-8-16-9-6-14)15(18)12-19-11-7-13(2)3/h13-14,16H,4-12H2,1-3H3. The predicted molar refractivity (Wildman–Crippen MR) is 84.7 cm³/mol. The van der Waals surface area contributed by atoms with Gasteiger partial charge in [-0.1, -0.05) is 20.8 Å². The summed E-state index contributed by atoms with van der Waals surface area (Å²) in [6, 6.07) is 0.472. The van der Waals surface area contributed by atoms with Crippen molar-refractivity contribution in [2.24, 2.45) is 5.92 Å². The number of hydrogen-bond acceptors (Lipinski definition) is 3. The van der Waals surface area contributed by atoms with Gasteiger partial charge in [-0.05, 0) is 50.4 Å². The Balaban J connectivity index is 2.34. The monoisotopic (exact) mass is 286 g/mol. The Hall–Kier alpha value is -0.220. The molecule has 0 aliphatic carbocycles. The van der Waals surface area contributed by atoms with Crippen LogP contribution >= 0.6 is 11.8 Å². The fourth-order valence-electron chi connectivity index (χ4n) is 2.43. The van der Waals surface area contributed by atoms with E-state index < -0.39 is 0 Å². The van der Waals surface area contributed by atoms with Crippen molar-refractivity contribution in [3.63, 3.8) is 0 Å². The van der Waals surface area contributed by atoms with Gasteiger partial charge in [0.1, 0.15) is 0 Å². The highest BCUT2D eigenvalue weighted by atomic mass is 32.2. The third-order valence-electron chi connectivity index (χ3n) is 3.60. The van der Waals surface area contributed by atoms with E-state index in [2.05, 4.69) is 31.0 Å². The Morgan fingerprint density at radius 3 is 2.63 bits per heavy atom. The number of thioether (sulfide) groups is 1. The van der Waals surface area contributed by atoms with E-state index >= 15 is 0 Å². The highest BCUT2D eigenvalue weighted by Crippen LogP contribution is 2.16. The van der Waals surface area contributed by atoms with E-state index in [-0.39, 0.29) is 0 Å². The van der Waals surface area contributed by atoms with Crippen LogP contribution in [0.3, 0.4) is 0 Å². The Labute approximate surface area is 122 Å². The first-order valence-corrected chi connectivity index (χ1v) is 8.88. The summed E-state index contributed by atoms with van der Waals surface area (Å²) in [6.07, 6.45) is 4.50. The van der Waals surface area contributed by atoms with Gasteiger partial charge < -0.3 is 10.2 Å². The van der Waals surface area contributed by atoms with Crippen LogP contribution in [0.15, 0.2) is 0 Å². The molecule has 1 saturated heterocycles. The minimum absolute atomic E-state index is 0.350. The maximum atomic E-state index is 12.4. The second kappa shape index (κ2) is 9.65. The van der Waals surface area contributed by atoms with Crippen LogP contribution in [0.4, 0.5) is 0 Å². The number of piperidine rings is 1. The van der Waals surface area contributed by atoms with Gasteiger partial charge in [0.15, 0.2) is 0 Å². The molecule has 0 aromatic rings. The van der Waals surface area contributed by atoms with Gasteiger partial charge in [-0.3, -0.25) is 4.79 Å². The zero-order chi connectivity index (χ0) is 14.1. The molecular weight excluding hydrogens is 256 g/mol. The van der Waals surface area contributed by atoms with Crippen LogP contribution in [-0.4, -0.2) is 48.0 Å². The largest absolute Gasteiger partial charge is 0.339 e. The summed E-state index contributed by atoms with van der Waals surface area (Å²) in [5.41, 5.74) is 0. The second-order valence-electron chi connectivity index (χ2n) is 5.80. The van der Waals surface area contributed by atoms with Crippen LogP contribution in [0.1, 0.15) is 46.5 Å². The normalized spacial score (nSPS) is 16.8. The molecule has 1 heterocycles. The lowest BCUT2D eigenvalue weighted by atomic mass is 10.0. The van der Waals surface area contributed by atoms with Crippen LogP contribution in [0.25, 0.3) is 0 Å². The molecular formula is C15H30N2OS. The Morgan fingerprint density at radius 2 is 2.05 bits per heavy atom. The lowest BCUT2D eigenvalue weighted by Crippen LogP contribution is -2.47. The van der Waals surface area contributed by atoms with E-state index in [1.54, 1.807) is 11.8 Å². The van der Waals surface area contributed by atoms with Crippen molar-refractivity contribution in [3.05, 3.63) is 0 Å². The number of carbonyl (C=O) groups excluding carboxylic acids is 1. The summed E-state index contributed by atoms with van der Waals surface area (Å²) in [7, 11) is 0. The number of rotatable bonds is 8. The lowest BCUT2D eigenvalue weighted by molar-refractivity contribution is -0.131. The van der Waals surface area contributed by atoms with Gasteiger partial charge >= 0.3 is 0 Å². The third-order valence-corrected chi connectivity index (χ3v) is 4.57. The quantitative estimate of drug-likeness (QED) is 0.696. The third kappa shape index (κ3) is 6.66. The van der Waals surface area contributed by atoms with Gasteiger partial charge in [-0.2, -0.15) is 11.8 Å². The molecule has 0 aromatic carbocycles. The van der Waals surface area contributed by atoms with E-state index in [0.717, 1.165) is 50.6 Å². The van der Waals surface area contributed by atoms with Crippen LogP contribution in [0.2, 0.25) is 0 Å². The van der Waals surface area contributed by atoms with Crippen LogP contribution < -0.4 is 5.32 Å². The maximum Gasteiger partial charge on any atom is 0.232 e. The molecule has 1 amide bonds. The average Bonchev–Trinajstić information content (AvgIpc) is 2.41. The SMILES string of the molecule is CCCN(C(=O)CSCCC(C)C)C1CCNCC1. The molecule has 0 unspecified atom stereocenters. The van der Waals surface area contributed by atoms with E-state index in [4.69, 9.17) is 0 Å².